The molecule has 1 amide bonds. The molecule has 2 aromatic rings. The second kappa shape index (κ2) is 10.7. The number of benzene rings is 1. The molecule has 8 heteroatoms. The van der Waals surface area contributed by atoms with Gasteiger partial charge >= 0.3 is 0 Å². The Morgan fingerprint density at radius 1 is 1.26 bits per heavy atom. The van der Waals surface area contributed by atoms with E-state index in [9.17, 15) is 4.79 Å². The third-order valence-electron chi connectivity index (χ3n) is 3.88. The summed E-state index contributed by atoms with van der Waals surface area (Å²) in [6.07, 6.45) is 4.18. The first-order chi connectivity index (χ1) is 12.7. The molecular formula is C19H24IN5O2. The summed E-state index contributed by atoms with van der Waals surface area (Å²) in [5.41, 5.74) is 1.87. The van der Waals surface area contributed by atoms with Crippen molar-refractivity contribution in [1.82, 2.24) is 15.6 Å². The fraction of sp³-hybridized carbons (Fsp3) is 0.316. The Morgan fingerprint density at radius 2 is 2.11 bits per heavy atom. The lowest BCUT2D eigenvalue weighted by molar-refractivity contribution is -0.114. The van der Waals surface area contributed by atoms with Crippen LogP contribution in [0.1, 0.15) is 12.5 Å². The van der Waals surface area contributed by atoms with Crippen LogP contribution in [0.3, 0.4) is 0 Å². The van der Waals surface area contributed by atoms with Crippen molar-refractivity contribution in [1.29, 1.82) is 0 Å². The molecule has 3 rings (SSSR count). The average Bonchev–Trinajstić information content (AvgIpc) is 3.08. The topological polar surface area (TPSA) is 87.6 Å². The Kier molecular flexibility index (Phi) is 8.31. The molecule has 3 N–H and O–H groups in total. The van der Waals surface area contributed by atoms with E-state index in [0.717, 1.165) is 12.2 Å². The van der Waals surface area contributed by atoms with E-state index in [1.165, 1.54) is 5.56 Å². The van der Waals surface area contributed by atoms with Gasteiger partial charge < -0.3 is 20.7 Å². The number of nitrogens with zero attached hydrogens (tertiary/aromatic N) is 2. The lowest BCUT2D eigenvalue weighted by atomic mass is 10.1. The fourth-order valence-corrected chi connectivity index (χ4v) is 2.71. The Hall–Kier alpha value is -2.36. The number of hydrogen-bond acceptors (Lipinski definition) is 4. The Morgan fingerprint density at radius 3 is 2.85 bits per heavy atom. The normalized spacial score (nSPS) is 15.1. The van der Waals surface area contributed by atoms with E-state index in [2.05, 4.69) is 32.0 Å². The number of hydrogen-bond donors (Lipinski definition) is 3. The average molecular weight is 481 g/mol. The molecule has 1 unspecified atom stereocenters. The highest BCUT2D eigenvalue weighted by molar-refractivity contribution is 14.0. The number of carbonyl (C=O) groups excluding carboxylic acids is 1. The molecule has 1 aromatic heterocycles. The molecule has 0 spiro atoms. The van der Waals surface area contributed by atoms with Crippen molar-refractivity contribution in [2.75, 3.05) is 25.0 Å². The zero-order valence-corrected chi connectivity index (χ0v) is 17.5. The number of ether oxygens (including phenoxy) is 1. The molecule has 1 aliphatic heterocycles. The predicted molar refractivity (Wildman–Crippen MR) is 117 cm³/mol. The van der Waals surface area contributed by atoms with Crippen LogP contribution in [0.5, 0.6) is 5.75 Å². The summed E-state index contributed by atoms with van der Waals surface area (Å²) in [5, 5.41) is 9.14. The SMILES string of the molecule is CCNC(=NCC(=O)Nc1cccnc1)NCC1Cc2ccccc2O1.I. The molecule has 0 bridgehead atoms. The number of aromatic nitrogens is 1. The fourth-order valence-electron chi connectivity index (χ4n) is 2.71. The van der Waals surface area contributed by atoms with Crippen LogP contribution in [0, 0.1) is 0 Å². The number of fused-ring (bicyclic) bond motifs is 1. The van der Waals surface area contributed by atoms with Crippen LogP contribution in [-0.2, 0) is 11.2 Å². The molecule has 0 saturated heterocycles. The van der Waals surface area contributed by atoms with Crippen molar-refractivity contribution in [2.45, 2.75) is 19.4 Å². The van der Waals surface area contributed by atoms with Gasteiger partial charge in [-0.05, 0) is 30.7 Å². The first kappa shape index (κ1) is 20.9. The summed E-state index contributed by atoms with van der Waals surface area (Å²) in [5.74, 6) is 1.34. The lowest BCUT2D eigenvalue weighted by Gasteiger charge is -2.15. The van der Waals surface area contributed by atoms with E-state index < -0.39 is 0 Å². The van der Waals surface area contributed by atoms with E-state index in [0.29, 0.717) is 24.7 Å². The minimum Gasteiger partial charge on any atom is -0.488 e. The van der Waals surface area contributed by atoms with Gasteiger partial charge in [0.15, 0.2) is 5.96 Å². The minimum atomic E-state index is -0.195. The Balaban J connectivity index is 0.00000261. The van der Waals surface area contributed by atoms with Gasteiger partial charge in [-0.3, -0.25) is 9.78 Å². The maximum Gasteiger partial charge on any atom is 0.246 e. The van der Waals surface area contributed by atoms with Crippen molar-refractivity contribution < 1.29 is 9.53 Å². The molecule has 0 radical (unpaired) electrons. The monoisotopic (exact) mass is 481 g/mol. The smallest absolute Gasteiger partial charge is 0.246 e. The molecular weight excluding hydrogens is 457 g/mol. The second-order valence-corrected chi connectivity index (χ2v) is 5.92. The van der Waals surface area contributed by atoms with Crippen molar-refractivity contribution in [3.8, 4) is 5.75 Å². The number of amides is 1. The quantitative estimate of drug-likeness (QED) is 0.335. The summed E-state index contributed by atoms with van der Waals surface area (Å²) in [4.78, 5) is 20.3. The third-order valence-corrected chi connectivity index (χ3v) is 3.88. The molecule has 1 atom stereocenters. The molecule has 0 saturated carbocycles. The summed E-state index contributed by atoms with van der Waals surface area (Å²) in [7, 11) is 0. The molecule has 1 aromatic carbocycles. The number of para-hydroxylation sites is 1. The van der Waals surface area contributed by atoms with Crippen molar-refractivity contribution in [3.05, 3.63) is 54.4 Å². The van der Waals surface area contributed by atoms with Gasteiger partial charge in [-0.25, -0.2) is 4.99 Å². The van der Waals surface area contributed by atoms with Crippen LogP contribution in [-0.4, -0.2) is 42.6 Å². The number of guanidine groups is 1. The number of halogens is 1. The van der Waals surface area contributed by atoms with E-state index >= 15 is 0 Å². The van der Waals surface area contributed by atoms with E-state index in [-0.39, 0.29) is 42.5 Å². The highest BCUT2D eigenvalue weighted by Crippen LogP contribution is 2.27. The van der Waals surface area contributed by atoms with Crippen LogP contribution < -0.4 is 20.7 Å². The lowest BCUT2D eigenvalue weighted by Crippen LogP contribution is -2.42. The molecule has 144 valence electrons. The Labute approximate surface area is 176 Å². The van der Waals surface area contributed by atoms with Crippen LogP contribution in [0.25, 0.3) is 0 Å². The minimum absolute atomic E-state index is 0. The largest absolute Gasteiger partial charge is 0.488 e. The van der Waals surface area contributed by atoms with Gasteiger partial charge in [0.25, 0.3) is 0 Å². The number of rotatable bonds is 6. The van der Waals surface area contributed by atoms with Crippen molar-refractivity contribution in [2.24, 2.45) is 4.99 Å². The highest BCUT2D eigenvalue weighted by Gasteiger charge is 2.22. The summed E-state index contributed by atoms with van der Waals surface area (Å²) in [6, 6.07) is 11.6. The number of carbonyl (C=O) groups is 1. The Bertz CT molecular complexity index is 745. The number of anilines is 1. The number of aliphatic imine (C=N–C) groups is 1. The highest BCUT2D eigenvalue weighted by atomic mass is 127. The van der Waals surface area contributed by atoms with Gasteiger partial charge in [-0.1, -0.05) is 18.2 Å². The van der Waals surface area contributed by atoms with Gasteiger partial charge in [0.1, 0.15) is 18.4 Å². The summed E-state index contributed by atoms with van der Waals surface area (Å²) >= 11 is 0. The zero-order valence-electron chi connectivity index (χ0n) is 15.1. The third kappa shape index (κ3) is 6.38. The second-order valence-electron chi connectivity index (χ2n) is 5.92. The van der Waals surface area contributed by atoms with Crippen LogP contribution in [0.15, 0.2) is 53.8 Å². The van der Waals surface area contributed by atoms with E-state index in [4.69, 9.17) is 4.74 Å². The standard InChI is InChI=1S/C19H23N5O2.HI/c1-2-21-19(23-13-18(25)24-15-7-5-9-20-11-15)22-12-16-10-14-6-3-4-8-17(14)26-16;/h3-9,11,16H,2,10,12-13H2,1H3,(H,24,25)(H2,21,22,23);1H. The van der Waals surface area contributed by atoms with Gasteiger partial charge in [0.05, 0.1) is 18.4 Å². The molecule has 0 fully saturated rings. The molecule has 2 heterocycles. The predicted octanol–water partition coefficient (Wildman–Crippen LogP) is 2.20. The molecule has 7 nitrogen and oxygen atoms in total. The van der Waals surface area contributed by atoms with Gasteiger partial charge in [0.2, 0.25) is 5.91 Å². The van der Waals surface area contributed by atoms with Crippen molar-refractivity contribution in [3.63, 3.8) is 0 Å². The van der Waals surface area contributed by atoms with Crippen LogP contribution in [0.2, 0.25) is 0 Å². The van der Waals surface area contributed by atoms with Gasteiger partial charge in [-0.2, -0.15) is 0 Å². The van der Waals surface area contributed by atoms with Crippen LogP contribution >= 0.6 is 24.0 Å². The first-order valence-electron chi connectivity index (χ1n) is 8.71. The number of pyridine rings is 1. The molecule has 0 aliphatic carbocycles. The molecule has 1 aliphatic rings. The maximum absolute atomic E-state index is 12.0. The van der Waals surface area contributed by atoms with Gasteiger partial charge in [-0.15, -0.1) is 24.0 Å². The number of nitrogens with one attached hydrogen (secondary N) is 3. The van der Waals surface area contributed by atoms with E-state index in [1.54, 1.807) is 24.5 Å². The maximum atomic E-state index is 12.0. The van der Waals surface area contributed by atoms with E-state index in [1.807, 2.05) is 25.1 Å². The zero-order chi connectivity index (χ0) is 18.2. The molecule has 27 heavy (non-hydrogen) atoms. The summed E-state index contributed by atoms with van der Waals surface area (Å²) < 4.78 is 5.91. The van der Waals surface area contributed by atoms with Crippen LogP contribution in [0.4, 0.5) is 5.69 Å². The van der Waals surface area contributed by atoms with Gasteiger partial charge in [0, 0.05) is 19.2 Å². The van der Waals surface area contributed by atoms with Crippen molar-refractivity contribution >= 4 is 41.5 Å². The summed E-state index contributed by atoms with van der Waals surface area (Å²) in [6.45, 7) is 3.33. The first-order valence-corrected chi connectivity index (χ1v) is 8.71.